The van der Waals surface area contributed by atoms with E-state index in [1.165, 1.54) is 23.9 Å². The van der Waals surface area contributed by atoms with Crippen LogP contribution in [0.2, 0.25) is 5.02 Å². The summed E-state index contributed by atoms with van der Waals surface area (Å²) in [5, 5.41) is 4.19. The Morgan fingerprint density at radius 3 is 2.36 bits per heavy atom. The first-order valence-corrected chi connectivity index (χ1v) is 14.3. The van der Waals surface area contributed by atoms with Gasteiger partial charge in [0.25, 0.3) is 5.56 Å². The molecule has 0 amide bonds. The third-order valence-corrected chi connectivity index (χ3v) is 7.25. The molecular formula is C26H20ClF5N6O3S. The maximum absolute atomic E-state index is 13.9. The van der Waals surface area contributed by atoms with E-state index in [-0.39, 0.29) is 56.1 Å². The number of halogens is 6. The molecule has 3 N–H and O–H groups in total. The fourth-order valence-corrected chi connectivity index (χ4v) is 5.46. The Bertz CT molecular complexity index is 2040. The fraction of sp³-hybridized carbons (Fsp3) is 0.192. The second-order valence-corrected chi connectivity index (χ2v) is 11.7. The molecule has 0 aliphatic carbocycles. The molecule has 0 unspecified atom stereocenters. The second-order valence-electron chi connectivity index (χ2n) is 9.57. The summed E-state index contributed by atoms with van der Waals surface area (Å²) in [6.45, 7) is 0. The summed E-state index contributed by atoms with van der Waals surface area (Å²) in [4.78, 5) is 18.3. The average Bonchev–Trinajstić information content (AvgIpc) is 3.18. The van der Waals surface area contributed by atoms with Crippen molar-refractivity contribution in [3.8, 4) is 5.69 Å². The van der Waals surface area contributed by atoms with E-state index in [2.05, 4.69) is 14.8 Å². The number of rotatable bonds is 6. The van der Waals surface area contributed by atoms with E-state index >= 15 is 0 Å². The van der Waals surface area contributed by atoms with Gasteiger partial charge in [-0.2, -0.15) is 18.3 Å². The number of nitrogens with two attached hydrogens (primary N) is 1. The standard InChI is InChI=1S/C26H20ClF5N6O3S/c1-37-22-20(6-5-17(27)21(22)23(35-37)36-42(2,40)41)38-24(18(33)9-12-7-14(28)11-15(29)8-12)34-19-10-13(26(30,31)32)3-4-16(19)25(38)39/h3-8,10-11,18H,9,33H2,1-2H3,(H,35,36)/t18-/m0/s1. The molecule has 0 aliphatic rings. The van der Waals surface area contributed by atoms with Crippen molar-refractivity contribution in [3.05, 3.63) is 92.5 Å². The zero-order valence-corrected chi connectivity index (χ0v) is 23.2. The topological polar surface area (TPSA) is 125 Å². The number of fused-ring (bicyclic) bond motifs is 2. The Kier molecular flexibility index (Phi) is 7.23. The number of hydrogen-bond donors (Lipinski definition) is 2. The van der Waals surface area contributed by atoms with Crippen LogP contribution >= 0.6 is 11.6 Å². The molecule has 0 saturated heterocycles. The van der Waals surface area contributed by atoms with Gasteiger partial charge in [0.05, 0.1) is 50.4 Å². The van der Waals surface area contributed by atoms with Crippen molar-refractivity contribution in [3.63, 3.8) is 0 Å². The van der Waals surface area contributed by atoms with Crippen LogP contribution in [0.1, 0.15) is 23.0 Å². The molecule has 0 fully saturated rings. The molecule has 2 heterocycles. The summed E-state index contributed by atoms with van der Waals surface area (Å²) in [6, 6.07) is 6.65. The lowest BCUT2D eigenvalue weighted by Gasteiger charge is -2.20. The van der Waals surface area contributed by atoms with E-state index in [1.54, 1.807) is 0 Å². The Morgan fingerprint density at radius 1 is 1.07 bits per heavy atom. The van der Waals surface area contributed by atoms with Gasteiger partial charge < -0.3 is 5.73 Å². The van der Waals surface area contributed by atoms with Crippen LogP contribution in [0.3, 0.4) is 0 Å². The van der Waals surface area contributed by atoms with Crippen molar-refractivity contribution in [2.75, 3.05) is 11.0 Å². The largest absolute Gasteiger partial charge is 0.416 e. The van der Waals surface area contributed by atoms with Gasteiger partial charge in [-0.15, -0.1) is 0 Å². The Hall–Kier alpha value is -4.08. The lowest BCUT2D eigenvalue weighted by Crippen LogP contribution is -2.30. The summed E-state index contributed by atoms with van der Waals surface area (Å²) in [5.74, 6) is -2.13. The lowest BCUT2D eigenvalue weighted by atomic mass is 10.0. The summed E-state index contributed by atoms with van der Waals surface area (Å²) in [7, 11) is -2.35. The molecule has 2 aromatic heterocycles. The normalized spacial score (nSPS) is 13.2. The number of nitrogens with zero attached hydrogens (tertiary/aromatic N) is 4. The zero-order chi connectivity index (χ0) is 30.7. The average molecular weight is 627 g/mol. The maximum atomic E-state index is 13.9. The SMILES string of the molecule is Cn1nc(NS(C)(=O)=O)c2c(Cl)ccc(-n3c([C@@H](N)Cc4cc(F)cc(F)c4)nc4cc(C(F)(F)F)ccc4c3=O)c21. The number of benzene rings is 3. The minimum atomic E-state index is -4.73. The highest BCUT2D eigenvalue weighted by Gasteiger charge is 2.32. The second kappa shape index (κ2) is 10.3. The third kappa shape index (κ3) is 5.54. The molecular weight excluding hydrogens is 607 g/mol. The Balaban J connectivity index is 1.82. The zero-order valence-electron chi connectivity index (χ0n) is 21.7. The van der Waals surface area contributed by atoms with E-state index in [1.807, 2.05) is 0 Å². The van der Waals surface area contributed by atoms with Crippen LogP contribution in [0.15, 0.2) is 53.3 Å². The monoisotopic (exact) mass is 626 g/mol. The first kappa shape index (κ1) is 29.4. The maximum Gasteiger partial charge on any atom is 0.416 e. The highest BCUT2D eigenvalue weighted by molar-refractivity contribution is 7.92. The van der Waals surface area contributed by atoms with Gasteiger partial charge in [0, 0.05) is 13.1 Å². The van der Waals surface area contributed by atoms with E-state index in [0.29, 0.717) is 12.1 Å². The molecule has 1 atom stereocenters. The highest BCUT2D eigenvalue weighted by atomic mass is 35.5. The minimum Gasteiger partial charge on any atom is -0.321 e. The van der Waals surface area contributed by atoms with E-state index < -0.39 is 45.0 Å². The number of sulfonamides is 1. The number of hydrogen-bond acceptors (Lipinski definition) is 6. The molecule has 5 aromatic rings. The van der Waals surface area contributed by atoms with Gasteiger partial charge in [-0.3, -0.25) is 18.8 Å². The predicted molar refractivity (Wildman–Crippen MR) is 147 cm³/mol. The number of nitrogens with one attached hydrogen (secondary N) is 1. The molecule has 0 spiro atoms. The quantitative estimate of drug-likeness (QED) is 0.260. The van der Waals surface area contributed by atoms with Gasteiger partial charge in [-0.1, -0.05) is 11.6 Å². The van der Waals surface area contributed by atoms with Crippen LogP contribution < -0.4 is 16.0 Å². The van der Waals surface area contributed by atoms with Gasteiger partial charge in [-0.25, -0.2) is 22.2 Å². The summed E-state index contributed by atoms with van der Waals surface area (Å²) in [5.41, 5.74) is 4.58. The third-order valence-electron chi connectivity index (χ3n) is 6.37. The molecule has 0 aliphatic heterocycles. The lowest BCUT2D eigenvalue weighted by molar-refractivity contribution is -0.137. The van der Waals surface area contributed by atoms with Crippen molar-refractivity contribution >= 4 is 49.2 Å². The molecule has 0 saturated carbocycles. The van der Waals surface area contributed by atoms with Crippen molar-refractivity contribution in [1.29, 1.82) is 0 Å². The van der Waals surface area contributed by atoms with E-state index in [9.17, 15) is 35.2 Å². The van der Waals surface area contributed by atoms with Gasteiger partial charge in [0.1, 0.15) is 17.5 Å². The number of anilines is 1. The van der Waals surface area contributed by atoms with Crippen LogP contribution in [0.25, 0.3) is 27.5 Å². The van der Waals surface area contributed by atoms with Gasteiger partial charge >= 0.3 is 6.18 Å². The number of alkyl halides is 3. The van der Waals surface area contributed by atoms with Crippen molar-refractivity contribution < 1.29 is 30.4 Å². The Morgan fingerprint density at radius 2 is 1.74 bits per heavy atom. The fourth-order valence-electron chi connectivity index (χ4n) is 4.72. The summed E-state index contributed by atoms with van der Waals surface area (Å²) in [6.07, 6.45) is -4.08. The van der Waals surface area contributed by atoms with Crippen LogP contribution in [0.4, 0.5) is 27.8 Å². The van der Waals surface area contributed by atoms with Crippen LogP contribution in [0.5, 0.6) is 0 Å². The van der Waals surface area contributed by atoms with E-state index in [4.69, 9.17) is 17.3 Å². The van der Waals surface area contributed by atoms with Gasteiger partial charge in [-0.05, 0) is 54.4 Å². The van der Waals surface area contributed by atoms with Crippen molar-refractivity contribution in [2.24, 2.45) is 12.8 Å². The summed E-state index contributed by atoms with van der Waals surface area (Å²) >= 11 is 6.40. The molecule has 0 bridgehead atoms. The highest BCUT2D eigenvalue weighted by Crippen LogP contribution is 2.36. The molecule has 220 valence electrons. The first-order chi connectivity index (χ1) is 19.5. The number of aromatic nitrogens is 4. The van der Waals surface area contributed by atoms with Gasteiger partial charge in [0.2, 0.25) is 10.0 Å². The minimum absolute atomic E-state index is 0.0705. The molecule has 16 heteroatoms. The molecule has 42 heavy (non-hydrogen) atoms. The smallest absolute Gasteiger partial charge is 0.321 e. The number of aryl methyl sites for hydroxylation is 1. The van der Waals surface area contributed by atoms with Crippen LogP contribution in [-0.4, -0.2) is 34.0 Å². The molecule has 0 radical (unpaired) electrons. The first-order valence-electron chi connectivity index (χ1n) is 12.0. The van der Waals surface area contributed by atoms with Gasteiger partial charge in [0.15, 0.2) is 5.82 Å². The van der Waals surface area contributed by atoms with E-state index in [0.717, 1.165) is 35.1 Å². The van der Waals surface area contributed by atoms with Crippen LogP contribution in [0, 0.1) is 11.6 Å². The molecule has 9 nitrogen and oxygen atoms in total. The summed E-state index contributed by atoms with van der Waals surface area (Å²) < 4.78 is 96.7. The predicted octanol–water partition coefficient (Wildman–Crippen LogP) is 4.84. The van der Waals surface area contributed by atoms with Crippen molar-refractivity contribution in [1.82, 2.24) is 19.3 Å². The van der Waals surface area contributed by atoms with Crippen LogP contribution in [-0.2, 0) is 29.7 Å². The molecule has 5 rings (SSSR count). The Labute approximate surface area is 239 Å². The molecule has 3 aromatic carbocycles. The van der Waals surface area contributed by atoms with Crippen molar-refractivity contribution in [2.45, 2.75) is 18.6 Å².